The van der Waals surface area contributed by atoms with Crippen LogP contribution in [0.5, 0.6) is 11.5 Å². The number of benzene rings is 2. The van der Waals surface area contributed by atoms with Crippen LogP contribution in [0, 0.1) is 6.92 Å². The zero-order valence-corrected chi connectivity index (χ0v) is 17.8. The van der Waals surface area contributed by atoms with Gasteiger partial charge in [-0.2, -0.15) is 0 Å². The number of carbonyl (C=O) groups excluding carboxylic acids is 1. The summed E-state index contributed by atoms with van der Waals surface area (Å²) in [7, 11) is 1.60. The average Bonchev–Trinajstić information content (AvgIpc) is 2.77. The molecule has 1 heterocycles. The van der Waals surface area contributed by atoms with E-state index in [1.807, 2.05) is 49.4 Å². The van der Waals surface area contributed by atoms with Gasteiger partial charge in [0.1, 0.15) is 0 Å². The number of hydrogen-bond donors (Lipinski definition) is 2. The van der Waals surface area contributed by atoms with Crippen LogP contribution < -0.4 is 20.1 Å². The van der Waals surface area contributed by atoms with Gasteiger partial charge in [0, 0.05) is 44.0 Å². The van der Waals surface area contributed by atoms with Crippen LogP contribution in [-0.4, -0.2) is 63.9 Å². The molecular weight excluding hydrogens is 382 g/mol. The molecule has 0 spiro atoms. The number of carbonyl (C=O) groups is 1. The second-order valence-corrected chi connectivity index (χ2v) is 7.28. The maximum Gasteiger partial charge on any atom is 0.262 e. The van der Waals surface area contributed by atoms with Crippen molar-refractivity contribution in [2.75, 3.05) is 58.4 Å². The van der Waals surface area contributed by atoms with Crippen molar-refractivity contribution in [3.8, 4) is 11.5 Å². The molecule has 1 aliphatic rings. The molecule has 0 aromatic heterocycles. The maximum atomic E-state index is 12.3. The summed E-state index contributed by atoms with van der Waals surface area (Å²) in [6.45, 7) is 7.96. The van der Waals surface area contributed by atoms with Gasteiger partial charge in [-0.3, -0.25) is 9.69 Å². The average molecular weight is 414 g/mol. The van der Waals surface area contributed by atoms with E-state index in [1.165, 1.54) is 0 Å². The first-order valence-electron chi connectivity index (χ1n) is 10.3. The zero-order valence-electron chi connectivity index (χ0n) is 17.8. The van der Waals surface area contributed by atoms with Gasteiger partial charge in [0.05, 0.1) is 20.3 Å². The minimum absolute atomic E-state index is 0.0883. The minimum Gasteiger partial charge on any atom is -0.493 e. The molecule has 2 aromatic carbocycles. The fourth-order valence-corrected chi connectivity index (χ4v) is 3.28. The number of para-hydroxylation sites is 1. The van der Waals surface area contributed by atoms with Gasteiger partial charge >= 0.3 is 0 Å². The van der Waals surface area contributed by atoms with Gasteiger partial charge in [0.15, 0.2) is 18.1 Å². The standard InChI is InChI=1S/C23H31N3O4/c1-18-6-8-20(9-7-18)25-22(27)17-30-23-19(4-3-5-21(23)28-2)16-24-10-11-26-12-14-29-15-13-26/h3-9,24H,10-17H2,1-2H3,(H,25,27). The van der Waals surface area contributed by atoms with Crippen LogP contribution in [0.4, 0.5) is 5.69 Å². The highest BCUT2D eigenvalue weighted by molar-refractivity contribution is 5.91. The smallest absolute Gasteiger partial charge is 0.262 e. The molecule has 0 aliphatic carbocycles. The van der Waals surface area contributed by atoms with Crippen LogP contribution in [0.3, 0.4) is 0 Å². The summed E-state index contributed by atoms with van der Waals surface area (Å²) in [4.78, 5) is 14.7. The van der Waals surface area contributed by atoms with Crippen LogP contribution in [0.2, 0.25) is 0 Å². The molecule has 7 heteroatoms. The third kappa shape index (κ3) is 6.73. The fourth-order valence-electron chi connectivity index (χ4n) is 3.28. The first kappa shape index (κ1) is 22.1. The minimum atomic E-state index is -0.212. The summed E-state index contributed by atoms with van der Waals surface area (Å²) in [6.07, 6.45) is 0. The summed E-state index contributed by atoms with van der Waals surface area (Å²) in [5.74, 6) is 1.000. The molecule has 162 valence electrons. The molecule has 0 saturated carbocycles. The first-order valence-corrected chi connectivity index (χ1v) is 10.3. The van der Waals surface area contributed by atoms with Crippen LogP contribution in [0.1, 0.15) is 11.1 Å². The fraction of sp³-hybridized carbons (Fsp3) is 0.435. The van der Waals surface area contributed by atoms with Crippen LogP contribution in [-0.2, 0) is 16.1 Å². The van der Waals surface area contributed by atoms with Crippen LogP contribution in [0.25, 0.3) is 0 Å². The van der Waals surface area contributed by atoms with Crippen molar-refractivity contribution in [2.45, 2.75) is 13.5 Å². The number of hydrogen-bond acceptors (Lipinski definition) is 6. The molecule has 1 saturated heterocycles. The van der Waals surface area contributed by atoms with Gasteiger partial charge in [-0.1, -0.05) is 29.8 Å². The van der Waals surface area contributed by atoms with E-state index in [-0.39, 0.29) is 12.5 Å². The third-order valence-electron chi connectivity index (χ3n) is 4.99. The Kier molecular flexibility index (Phi) is 8.50. The van der Waals surface area contributed by atoms with Crippen molar-refractivity contribution >= 4 is 11.6 Å². The lowest BCUT2D eigenvalue weighted by molar-refractivity contribution is -0.118. The summed E-state index contributed by atoms with van der Waals surface area (Å²) in [5, 5.41) is 6.30. The number of nitrogens with one attached hydrogen (secondary N) is 2. The second-order valence-electron chi connectivity index (χ2n) is 7.28. The van der Waals surface area contributed by atoms with Gasteiger partial charge in [-0.15, -0.1) is 0 Å². The lowest BCUT2D eigenvalue weighted by atomic mass is 10.2. The molecule has 1 amide bonds. The van der Waals surface area contributed by atoms with Gasteiger partial charge < -0.3 is 24.8 Å². The van der Waals surface area contributed by atoms with E-state index >= 15 is 0 Å². The normalized spacial score (nSPS) is 14.3. The lowest BCUT2D eigenvalue weighted by Crippen LogP contribution is -2.40. The number of methoxy groups -OCH3 is 1. The van der Waals surface area contributed by atoms with Crippen LogP contribution >= 0.6 is 0 Å². The van der Waals surface area contributed by atoms with E-state index < -0.39 is 0 Å². The number of aryl methyl sites for hydroxylation is 1. The highest BCUT2D eigenvalue weighted by atomic mass is 16.5. The highest BCUT2D eigenvalue weighted by Crippen LogP contribution is 2.31. The summed E-state index contributed by atoms with van der Waals surface area (Å²) in [5.41, 5.74) is 2.85. The molecule has 2 N–H and O–H groups in total. The van der Waals surface area contributed by atoms with E-state index in [4.69, 9.17) is 14.2 Å². The van der Waals surface area contributed by atoms with Gasteiger partial charge in [-0.05, 0) is 25.1 Å². The van der Waals surface area contributed by atoms with Crippen molar-refractivity contribution in [1.82, 2.24) is 10.2 Å². The topological polar surface area (TPSA) is 72.1 Å². The Hall–Kier alpha value is -2.61. The molecule has 2 aromatic rings. The number of ether oxygens (including phenoxy) is 3. The van der Waals surface area contributed by atoms with E-state index in [0.29, 0.717) is 18.0 Å². The molecule has 7 nitrogen and oxygen atoms in total. The van der Waals surface area contributed by atoms with E-state index in [1.54, 1.807) is 7.11 Å². The Labute approximate surface area is 178 Å². The molecule has 1 aliphatic heterocycles. The Morgan fingerprint density at radius 1 is 1.13 bits per heavy atom. The SMILES string of the molecule is COc1cccc(CNCCN2CCOCC2)c1OCC(=O)Nc1ccc(C)cc1. The number of amides is 1. The number of anilines is 1. The van der Waals surface area contributed by atoms with E-state index in [2.05, 4.69) is 15.5 Å². The Morgan fingerprint density at radius 3 is 2.63 bits per heavy atom. The summed E-state index contributed by atoms with van der Waals surface area (Å²) < 4.78 is 16.7. The Morgan fingerprint density at radius 2 is 1.90 bits per heavy atom. The molecule has 1 fully saturated rings. The first-order chi connectivity index (χ1) is 14.7. The third-order valence-corrected chi connectivity index (χ3v) is 4.99. The van der Waals surface area contributed by atoms with Crippen molar-refractivity contribution in [2.24, 2.45) is 0 Å². The quantitative estimate of drug-likeness (QED) is 0.583. The maximum absolute atomic E-state index is 12.3. The molecule has 0 atom stereocenters. The molecule has 0 unspecified atom stereocenters. The van der Waals surface area contributed by atoms with Crippen molar-refractivity contribution in [3.05, 3.63) is 53.6 Å². The highest BCUT2D eigenvalue weighted by Gasteiger charge is 2.14. The van der Waals surface area contributed by atoms with E-state index in [0.717, 1.165) is 56.2 Å². The Balaban J connectivity index is 1.52. The summed E-state index contributed by atoms with van der Waals surface area (Å²) >= 11 is 0. The van der Waals surface area contributed by atoms with Crippen molar-refractivity contribution in [3.63, 3.8) is 0 Å². The van der Waals surface area contributed by atoms with Crippen molar-refractivity contribution in [1.29, 1.82) is 0 Å². The predicted molar refractivity (Wildman–Crippen MR) is 117 cm³/mol. The molecule has 3 rings (SSSR count). The Bertz CT molecular complexity index is 805. The van der Waals surface area contributed by atoms with Gasteiger partial charge in [0.25, 0.3) is 5.91 Å². The number of morpholine rings is 1. The van der Waals surface area contributed by atoms with Crippen molar-refractivity contribution < 1.29 is 19.0 Å². The second kappa shape index (κ2) is 11.5. The molecular formula is C23H31N3O4. The zero-order chi connectivity index (χ0) is 21.2. The predicted octanol–water partition coefficient (Wildman–Crippen LogP) is 2.44. The number of nitrogens with zero attached hydrogens (tertiary/aromatic N) is 1. The lowest BCUT2D eigenvalue weighted by Gasteiger charge is -2.26. The molecule has 30 heavy (non-hydrogen) atoms. The largest absolute Gasteiger partial charge is 0.493 e. The molecule has 0 radical (unpaired) electrons. The van der Waals surface area contributed by atoms with Crippen LogP contribution in [0.15, 0.2) is 42.5 Å². The van der Waals surface area contributed by atoms with Gasteiger partial charge in [0.2, 0.25) is 0 Å². The van der Waals surface area contributed by atoms with Gasteiger partial charge in [-0.25, -0.2) is 0 Å². The van der Waals surface area contributed by atoms with E-state index in [9.17, 15) is 4.79 Å². The number of rotatable bonds is 10. The molecule has 0 bridgehead atoms. The monoisotopic (exact) mass is 413 g/mol. The summed E-state index contributed by atoms with van der Waals surface area (Å²) in [6, 6.07) is 13.4.